The summed E-state index contributed by atoms with van der Waals surface area (Å²) >= 11 is 0. The fourth-order valence-electron chi connectivity index (χ4n) is 4.73. The molecular formula is C26H28N6O4. The first kappa shape index (κ1) is 23.6. The lowest BCUT2D eigenvalue weighted by molar-refractivity contribution is 0.0697. The van der Waals surface area contributed by atoms with E-state index in [2.05, 4.69) is 26.0 Å². The first-order valence-corrected chi connectivity index (χ1v) is 12.0. The zero-order chi connectivity index (χ0) is 24.9. The van der Waals surface area contributed by atoms with Gasteiger partial charge in [-0.3, -0.25) is 4.68 Å². The number of hydrogen-bond acceptors (Lipinski definition) is 8. The van der Waals surface area contributed by atoms with E-state index in [0.717, 1.165) is 44.0 Å². The van der Waals surface area contributed by atoms with Crippen LogP contribution in [0.25, 0.3) is 0 Å². The average molecular weight is 489 g/mol. The van der Waals surface area contributed by atoms with E-state index in [1.54, 1.807) is 23.1 Å². The highest BCUT2D eigenvalue weighted by molar-refractivity contribution is 5.88. The van der Waals surface area contributed by atoms with Crippen molar-refractivity contribution in [2.75, 3.05) is 49.2 Å². The molecule has 0 aliphatic carbocycles. The Morgan fingerprint density at radius 2 is 1.83 bits per heavy atom. The summed E-state index contributed by atoms with van der Waals surface area (Å²) in [5.74, 6) is -0.0588. The summed E-state index contributed by atoms with van der Waals surface area (Å²) in [6.45, 7) is 5.03. The van der Waals surface area contributed by atoms with Gasteiger partial charge in [0.15, 0.2) is 0 Å². The van der Waals surface area contributed by atoms with Crippen LogP contribution in [0.15, 0.2) is 55.1 Å². The van der Waals surface area contributed by atoms with Crippen molar-refractivity contribution in [3.8, 4) is 11.8 Å². The third kappa shape index (κ3) is 5.42. The van der Waals surface area contributed by atoms with Gasteiger partial charge in [-0.1, -0.05) is 0 Å². The van der Waals surface area contributed by atoms with Gasteiger partial charge in [-0.2, -0.15) is 10.4 Å². The highest BCUT2D eigenvalue weighted by Crippen LogP contribution is 2.28. The minimum absolute atomic E-state index is 0.0897. The van der Waals surface area contributed by atoms with Gasteiger partial charge in [0, 0.05) is 43.5 Å². The third-order valence-electron chi connectivity index (χ3n) is 6.70. The smallest absolute Gasteiger partial charge is 0.335 e. The molecule has 2 aliphatic heterocycles. The van der Waals surface area contributed by atoms with Crippen LogP contribution in [-0.4, -0.2) is 71.3 Å². The van der Waals surface area contributed by atoms with Crippen molar-refractivity contribution in [3.63, 3.8) is 0 Å². The van der Waals surface area contributed by atoms with Crippen LogP contribution in [0.5, 0.6) is 5.75 Å². The maximum Gasteiger partial charge on any atom is 0.335 e. The predicted octanol–water partition coefficient (Wildman–Crippen LogP) is 2.66. The van der Waals surface area contributed by atoms with Crippen LogP contribution in [0.2, 0.25) is 0 Å². The number of piperazine rings is 1. The zero-order valence-electron chi connectivity index (χ0n) is 19.9. The van der Waals surface area contributed by atoms with Crippen molar-refractivity contribution in [3.05, 3.63) is 66.2 Å². The molecule has 10 nitrogen and oxygen atoms in total. The quantitative estimate of drug-likeness (QED) is 0.511. The number of benzene rings is 2. The Morgan fingerprint density at radius 1 is 1.11 bits per heavy atom. The molecule has 0 spiro atoms. The van der Waals surface area contributed by atoms with Crippen molar-refractivity contribution in [1.82, 2.24) is 14.8 Å². The number of aromatic carboxylic acids is 1. The third-order valence-corrected chi connectivity index (χ3v) is 6.70. The number of nitrogens with zero attached hydrogens (tertiary/aromatic N) is 6. The number of rotatable bonds is 8. The fraction of sp³-hybridized carbons (Fsp3) is 0.385. The van der Waals surface area contributed by atoms with E-state index in [9.17, 15) is 10.1 Å². The van der Waals surface area contributed by atoms with Gasteiger partial charge >= 0.3 is 5.97 Å². The standard InChI is InChI=1S/C26H28N6O4/c27-13-21-12-23(31-9-7-30(8-10-31)22-3-1-20(2-4-22)26(33)34)5-6-25(21)36-16-19-11-24(35-15-19)14-32-18-28-17-29-32/h1-6,12,17-19,24H,7-11,14-16H2,(H,33,34)/t19-,24-/m0/s1. The van der Waals surface area contributed by atoms with Crippen molar-refractivity contribution in [2.45, 2.75) is 19.1 Å². The Bertz CT molecular complexity index is 1220. The number of nitriles is 1. The van der Waals surface area contributed by atoms with Crippen molar-refractivity contribution in [2.24, 2.45) is 5.92 Å². The molecule has 3 aromatic rings. The summed E-state index contributed by atoms with van der Waals surface area (Å²) in [5.41, 5.74) is 2.82. The molecule has 2 atom stereocenters. The van der Waals surface area contributed by atoms with Gasteiger partial charge in [0.05, 0.1) is 37.0 Å². The molecule has 0 radical (unpaired) electrons. The zero-order valence-corrected chi connectivity index (χ0v) is 19.9. The number of carboxylic acid groups (broad SMARTS) is 1. The first-order valence-electron chi connectivity index (χ1n) is 12.0. The van der Waals surface area contributed by atoms with E-state index in [0.29, 0.717) is 31.1 Å². The molecule has 186 valence electrons. The van der Waals surface area contributed by atoms with Crippen LogP contribution in [0.4, 0.5) is 11.4 Å². The molecule has 36 heavy (non-hydrogen) atoms. The Balaban J connectivity index is 1.13. The largest absolute Gasteiger partial charge is 0.492 e. The summed E-state index contributed by atoms with van der Waals surface area (Å²) in [5, 5.41) is 22.9. The number of hydrogen-bond donors (Lipinski definition) is 1. The summed E-state index contributed by atoms with van der Waals surface area (Å²) in [6.07, 6.45) is 4.17. The Hall–Kier alpha value is -4.10. The van der Waals surface area contributed by atoms with Gasteiger partial charge in [0.25, 0.3) is 0 Å². The first-order chi connectivity index (χ1) is 17.6. The number of aromatic nitrogens is 3. The van der Waals surface area contributed by atoms with E-state index in [-0.39, 0.29) is 17.6 Å². The maximum atomic E-state index is 11.1. The second-order valence-corrected chi connectivity index (χ2v) is 9.10. The maximum absolute atomic E-state index is 11.1. The summed E-state index contributed by atoms with van der Waals surface area (Å²) in [4.78, 5) is 19.5. The molecule has 2 saturated heterocycles. The van der Waals surface area contributed by atoms with Gasteiger partial charge < -0.3 is 24.4 Å². The van der Waals surface area contributed by atoms with Gasteiger partial charge in [0.2, 0.25) is 0 Å². The molecule has 10 heteroatoms. The Labute approximate surface area is 209 Å². The lowest BCUT2D eigenvalue weighted by Crippen LogP contribution is -2.46. The van der Waals surface area contributed by atoms with Gasteiger partial charge in [-0.25, -0.2) is 9.78 Å². The topological polar surface area (TPSA) is 117 Å². The van der Waals surface area contributed by atoms with Crippen molar-refractivity contribution >= 4 is 17.3 Å². The highest BCUT2D eigenvalue weighted by atomic mass is 16.5. The van der Waals surface area contributed by atoms with E-state index in [1.807, 2.05) is 30.3 Å². The van der Waals surface area contributed by atoms with E-state index >= 15 is 0 Å². The van der Waals surface area contributed by atoms with Crippen LogP contribution in [0, 0.1) is 17.2 Å². The second kappa shape index (κ2) is 10.7. The molecule has 1 aromatic heterocycles. The van der Waals surface area contributed by atoms with Gasteiger partial charge in [0.1, 0.15) is 24.5 Å². The molecule has 0 amide bonds. The number of carbonyl (C=O) groups is 1. The monoisotopic (exact) mass is 488 g/mol. The molecule has 0 saturated carbocycles. The van der Waals surface area contributed by atoms with Crippen LogP contribution in [0.3, 0.4) is 0 Å². The minimum atomic E-state index is -0.920. The summed E-state index contributed by atoms with van der Waals surface area (Å²) in [6, 6.07) is 15.0. The van der Waals surface area contributed by atoms with E-state index in [4.69, 9.17) is 14.6 Å². The summed E-state index contributed by atoms with van der Waals surface area (Å²) in [7, 11) is 0. The second-order valence-electron chi connectivity index (χ2n) is 9.10. The van der Waals surface area contributed by atoms with Crippen LogP contribution in [-0.2, 0) is 11.3 Å². The molecule has 0 bridgehead atoms. The Morgan fingerprint density at radius 3 is 2.50 bits per heavy atom. The van der Waals surface area contributed by atoms with E-state index in [1.165, 1.54) is 6.33 Å². The SMILES string of the molecule is N#Cc1cc(N2CCN(c3ccc(C(=O)O)cc3)CC2)ccc1OC[C@@H]1CO[C@H](Cn2cncn2)C1. The molecule has 1 N–H and O–H groups in total. The molecule has 5 rings (SSSR count). The normalized spacial score (nSPS) is 19.8. The number of anilines is 2. The van der Waals surface area contributed by atoms with Crippen LogP contribution in [0.1, 0.15) is 22.3 Å². The number of ether oxygens (including phenoxy) is 2. The average Bonchev–Trinajstić information content (AvgIpc) is 3.60. The molecular weight excluding hydrogens is 460 g/mol. The lowest BCUT2D eigenvalue weighted by Gasteiger charge is -2.37. The van der Waals surface area contributed by atoms with Gasteiger partial charge in [-0.15, -0.1) is 0 Å². The van der Waals surface area contributed by atoms with Crippen LogP contribution < -0.4 is 14.5 Å². The molecule has 0 unspecified atom stereocenters. The minimum Gasteiger partial charge on any atom is -0.492 e. The molecule has 2 aromatic carbocycles. The van der Waals surface area contributed by atoms with Crippen LogP contribution >= 0.6 is 0 Å². The van der Waals surface area contributed by atoms with Crippen molar-refractivity contribution in [1.29, 1.82) is 5.26 Å². The number of carboxylic acids is 1. The predicted molar refractivity (Wildman–Crippen MR) is 132 cm³/mol. The van der Waals surface area contributed by atoms with Crippen molar-refractivity contribution < 1.29 is 19.4 Å². The molecule has 2 aliphatic rings. The van der Waals surface area contributed by atoms with Gasteiger partial charge in [-0.05, 0) is 48.9 Å². The Kier molecular flexibility index (Phi) is 7.00. The lowest BCUT2D eigenvalue weighted by atomic mass is 10.1. The molecule has 2 fully saturated rings. The van der Waals surface area contributed by atoms with E-state index < -0.39 is 5.97 Å². The fourth-order valence-corrected chi connectivity index (χ4v) is 4.73. The summed E-state index contributed by atoms with van der Waals surface area (Å²) < 4.78 is 13.7. The highest BCUT2D eigenvalue weighted by Gasteiger charge is 2.27. The molecule has 3 heterocycles.